The normalized spacial score (nSPS) is 12.1. The third-order valence-corrected chi connectivity index (χ3v) is 3.43. The molecular weight excluding hydrogens is 313 g/mol. The second kappa shape index (κ2) is 6.19. The number of halogens is 2. The van der Waals surface area contributed by atoms with Crippen LogP contribution in [0.25, 0.3) is 0 Å². The molecule has 1 heterocycles. The van der Waals surface area contributed by atoms with Crippen LogP contribution in [0.5, 0.6) is 5.75 Å². The molecule has 0 aliphatic heterocycles. The molecule has 2 aromatic rings. The molecule has 0 saturated carbocycles. The van der Waals surface area contributed by atoms with E-state index in [1.807, 2.05) is 0 Å². The predicted molar refractivity (Wildman–Crippen MR) is 78.4 cm³/mol. The number of amides is 1. The summed E-state index contributed by atoms with van der Waals surface area (Å²) in [5.41, 5.74) is 4.97. The number of aromatic hydroxyl groups is 1. The molecule has 2 rings (SSSR count). The van der Waals surface area contributed by atoms with Crippen molar-refractivity contribution in [1.29, 1.82) is 0 Å². The van der Waals surface area contributed by atoms with Gasteiger partial charge in [-0.05, 0) is 24.6 Å². The Labute approximate surface area is 130 Å². The smallest absolute Gasteiger partial charge is 0.227 e. The molecule has 0 unspecified atom stereocenters. The fraction of sp³-hybridized carbons (Fsp3) is 0.200. The van der Waals surface area contributed by atoms with Crippen LogP contribution in [0.1, 0.15) is 29.4 Å². The lowest BCUT2D eigenvalue weighted by molar-refractivity contribution is -0.118. The van der Waals surface area contributed by atoms with Crippen molar-refractivity contribution in [2.45, 2.75) is 19.3 Å². The largest absolute Gasteiger partial charge is 0.502 e. The van der Waals surface area contributed by atoms with Gasteiger partial charge in [-0.1, -0.05) is 17.7 Å². The van der Waals surface area contributed by atoms with Crippen LogP contribution in [0.15, 0.2) is 33.5 Å². The average Bonchev–Trinajstić information content (AvgIpc) is 2.43. The molecule has 0 saturated heterocycles. The first-order valence-corrected chi connectivity index (χ1v) is 6.74. The lowest BCUT2D eigenvalue weighted by Crippen LogP contribution is -2.18. The zero-order chi connectivity index (χ0) is 16.4. The van der Waals surface area contributed by atoms with Gasteiger partial charge in [-0.15, -0.1) is 0 Å². The number of benzene rings is 1. The molecule has 1 amide bonds. The van der Waals surface area contributed by atoms with E-state index in [0.717, 1.165) is 12.1 Å². The van der Waals surface area contributed by atoms with Gasteiger partial charge in [-0.25, -0.2) is 4.39 Å². The van der Waals surface area contributed by atoms with E-state index in [1.54, 1.807) is 0 Å². The Morgan fingerprint density at radius 1 is 1.45 bits per heavy atom. The molecule has 1 atom stereocenters. The van der Waals surface area contributed by atoms with Crippen molar-refractivity contribution in [2.75, 3.05) is 0 Å². The Morgan fingerprint density at radius 2 is 2.14 bits per heavy atom. The van der Waals surface area contributed by atoms with Crippen molar-refractivity contribution >= 4 is 17.5 Å². The first-order chi connectivity index (χ1) is 10.3. The number of hydrogen-bond donors (Lipinski definition) is 2. The van der Waals surface area contributed by atoms with Crippen molar-refractivity contribution in [3.63, 3.8) is 0 Å². The highest BCUT2D eigenvalue weighted by atomic mass is 35.5. The zero-order valence-electron chi connectivity index (χ0n) is 11.6. The number of aryl methyl sites for hydroxylation is 1. The molecule has 0 bridgehead atoms. The maximum Gasteiger partial charge on any atom is 0.227 e. The monoisotopic (exact) mass is 325 g/mol. The van der Waals surface area contributed by atoms with Gasteiger partial charge in [0.2, 0.25) is 17.1 Å². The van der Waals surface area contributed by atoms with Crippen molar-refractivity contribution in [3.8, 4) is 5.75 Å². The van der Waals surface area contributed by atoms with E-state index >= 15 is 0 Å². The number of rotatable bonds is 4. The summed E-state index contributed by atoms with van der Waals surface area (Å²) in [7, 11) is 0. The first-order valence-electron chi connectivity index (χ1n) is 6.36. The van der Waals surface area contributed by atoms with Gasteiger partial charge in [0.1, 0.15) is 11.6 Å². The molecule has 0 aliphatic carbocycles. The van der Waals surface area contributed by atoms with Crippen molar-refractivity contribution < 1.29 is 18.7 Å². The predicted octanol–water partition coefficient (Wildman–Crippen LogP) is 2.45. The van der Waals surface area contributed by atoms with Crippen LogP contribution in [-0.4, -0.2) is 11.0 Å². The number of nitrogens with two attached hydrogens (primary N) is 1. The lowest BCUT2D eigenvalue weighted by atomic mass is 9.92. The Hall–Kier alpha value is -2.34. The minimum absolute atomic E-state index is 0.105. The summed E-state index contributed by atoms with van der Waals surface area (Å²) in [6.45, 7) is 1.53. The summed E-state index contributed by atoms with van der Waals surface area (Å²) >= 11 is 5.74. The number of carbonyl (C=O) groups excluding carboxylic acids is 1. The molecule has 5 nitrogen and oxygen atoms in total. The SMILES string of the molecule is Cc1cc(=O)c(O)c([C@H](CC(N)=O)c2ccc(F)c(Cl)c2)o1. The van der Waals surface area contributed by atoms with E-state index < -0.39 is 28.8 Å². The summed E-state index contributed by atoms with van der Waals surface area (Å²) in [4.78, 5) is 23.0. The highest BCUT2D eigenvalue weighted by Crippen LogP contribution is 2.34. The third kappa shape index (κ3) is 3.28. The molecule has 1 aromatic carbocycles. The fourth-order valence-electron chi connectivity index (χ4n) is 2.15. The minimum atomic E-state index is -0.844. The summed E-state index contributed by atoms with van der Waals surface area (Å²) in [5.74, 6) is -2.60. The van der Waals surface area contributed by atoms with Crippen molar-refractivity contribution in [2.24, 2.45) is 5.73 Å². The van der Waals surface area contributed by atoms with Crippen molar-refractivity contribution in [1.82, 2.24) is 0 Å². The van der Waals surface area contributed by atoms with E-state index in [9.17, 15) is 19.1 Å². The van der Waals surface area contributed by atoms with Crippen LogP contribution in [-0.2, 0) is 4.79 Å². The molecule has 0 spiro atoms. The van der Waals surface area contributed by atoms with Gasteiger partial charge in [-0.3, -0.25) is 9.59 Å². The van der Waals surface area contributed by atoms with Gasteiger partial charge in [0.05, 0.1) is 10.9 Å². The highest BCUT2D eigenvalue weighted by molar-refractivity contribution is 6.30. The van der Waals surface area contributed by atoms with E-state index in [0.29, 0.717) is 5.56 Å². The standard InChI is InChI=1S/C15H13ClFNO4/c1-7-4-12(19)14(21)15(22-7)9(6-13(18)20)8-2-3-11(17)10(16)5-8/h2-5,9,21H,6H2,1H3,(H2,18,20)/t9-/m1/s1. The maximum absolute atomic E-state index is 13.3. The average molecular weight is 326 g/mol. The van der Waals surface area contributed by atoms with Crippen molar-refractivity contribution in [3.05, 3.63) is 62.4 Å². The molecule has 1 aromatic heterocycles. The van der Waals surface area contributed by atoms with Crippen LogP contribution in [0.4, 0.5) is 4.39 Å². The van der Waals surface area contributed by atoms with Crippen LogP contribution < -0.4 is 11.2 Å². The van der Waals surface area contributed by atoms with Gasteiger partial charge in [0.25, 0.3) is 0 Å². The molecule has 7 heteroatoms. The highest BCUT2D eigenvalue weighted by Gasteiger charge is 2.25. The quantitative estimate of drug-likeness (QED) is 0.902. The number of primary amides is 1. The van der Waals surface area contributed by atoms with E-state index in [-0.39, 0.29) is 23.0 Å². The molecule has 0 radical (unpaired) electrons. The van der Waals surface area contributed by atoms with Gasteiger partial charge in [0, 0.05) is 12.5 Å². The van der Waals surface area contributed by atoms with Crippen LogP contribution in [0.3, 0.4) is 0 Å². The Balaban J connectivity index is 2.62. The fourth-order valence-corrected chi connectivity index (χ4v) is 2.34. The first kappa shape index (κ1) is 16.0. The summed E-state index contributed by atoms with van der Waals surface area (Å²) in [5, 5.41) is 9.77. The Bertz CT molecular complexity index is 788. The van der Waals surface area contributed by atoms with Gasteiger partial charge >= 0.3 is 0 Å². The number of carbonyl (C=O) groups is 1. The zero-order valence-corrected chi connectivity index (χ0v) is 12.4. The maximum atomic E-state index is 13.3. The van der Waals surface area contributed by atoms with Gasteiger partial charge in [0.15, 0.2) is 5.76 Å². The molecule has 22 heavy (non-hydrogen) atoms. The van der Waals surface area contributed by atoms with Crippen LogP contribution in [0, 0.1) is 12.7 Å². The number of hydrogen-bond acceptors (Lipinski definition) is 4. The molecular formula is C15H13ClFNO4. The topological polar surface area (TPSA) is 93.5 Å². The second-order valence-electron chi connectivity index (χ2n) is 4.83. The molecule has 0 fully saturated rings. The van der Waals surface area contributed by atoms with E-state index in [2.05, 4.69) is 0 Å². The van der Waals surface area contributed by atoms with E-state index in [1.165, 1.54) is 19.1 Å². The second-order valence-corrected chi connectivity index (χ2v) is 5.24. The molecule has 3 N–H and O–H groups in total. The Morgan fingerprint density at radius 3 is 2.73 bits per heavy atom. The molecule has 116 valence electrons. The lowest BCUT2D eigenvalue weighted by Gasteiger charge is -2.17. The minimum Gasteiger partial charge on any atom is -0.502 e. The van der Waals surface area contributed by atoms with Gasteiger partial charge < -0.3 is 15.3 Å². The third-order valence-electron chi connectivity index (χ3n) is 3.14. The Kier molecular flexibility index (Phi) is 4.51. The van der Waals surface area contributed by atoms with Gasteiger partial charge in [-0.2, -0.15) is 0 Å². The molecule has 0 aliphatic rings. The summed E-state index contributed by atoms with van der Waals surface area (Å²) < 4.78 is 18.7. The van der Waals surface area contributed by atoms with Crippen LogP contribution >= 0.6 is 11.6 Å². The van der Waals surface area contributed by atoms with E-state index in [4.69, 9.17) is 21.8 Å². The summed E-state index contributed by atoms with van der Waals surface area (Å²) in [6, 6.07) is 4.93. The van der Waals surface area contributed by atoms with Crippen LogP contribution in [0.2, 0.25) is 5.02 Å². The summed E-state index contributed by atoms with van der Waals surface area (Å²) in [6.07, 6.45) is -0.234.